The molecule has 0 saturated carbocycles. The minimum Gasteiger partial charge on any atom is -0.486 e. The summed E-state index contributed by atoms with van der Waals surface area (Å²) in [7, 11) is 0. The van der Waals surface area contributed by atoms with Crippen molar-refractivity contribution in [2.24, 2.45) is 5.92 Å². The van der Waals surface area contributed by atoms with Gasteiger partial charge in [-0.05, 0) is 57.1 Å². The van der Waals surface area contributed by atoms with E-state index in [-0.39, 0.29) is 11.8 Å². The fraction of sp³-hybridized carbons (Fsp3) is 0.391. The number of piperidine rings is 1. The smallest absolute Gasteiger partial charge is 0.325 e. The van der Waals surface area contributed by atoms with E-state index in [0.29, 0.717) is 67.2 Å². The second-order valence-electron chi connectivity index (χ2n) is 8.14. The number of amides is 4. The first-order valence-corrected chi connectivity index (χ1v) is 11.4. The number of nitrogens with one attached hydrogen (secondary N) is 3. The molecule has 180 valence electrons. The zero-order valence-corrected chi connectivity index (χ0v) is 19.4. The number of rotatable bonds is 5. The maximum atomic E-state index is 12.6. The second-order valence-corrected chi connectivity index (χ2v) is 8.58. The standard InChI is InChI=1S/C23H26ClN5O5/c1-14(21(30)28-23(32)26-17-3-4-18-19(12-17)34-11-10-33-18)29-8-6-15(7-9-29)22(31)27-20-5-2-16(24)13-25-20/h2-5,12-15H,6-11H2,1H3,(H,25,27,31)(H2,26,28,30,32). The van der Waals surface area contributed by atoms with Gasteiger partial charge in [-0.15, -0.1) is 0 Å². The maximum Gasteiger partial charge on any atom is 0.325 e. The minimum absolute atomic E-state index is 0.106. The van der Waals surface area contributed by atoms with Crippen molar-refractivity contribution in [2.75, 3.05) is 36.9 Å². The molecule has 4 amide bonds. The van der Waals surface area contributed by atoms with E-state index < -0.39 is 18.0 Å². The van der Waals surface area contributed by atoms with Gasteiger partial charge < -0.3 is 20.1 Å². The van der Waals surface area contributed by atoms with Gasteiger partial charge in [-0.1, -0.05) is 11.6 Å². The highest BCUT2D eigenvalue weighted by Gasteiger charge is 2.30. The van der Waals surface area contributed by atoms with E-state index in [4.69, 9.17) is 21.1 Å². The van der Waals surface area contributed by atoms with Crippen LogP contribution in [0.4, 0.5) is 16.3 Å². The number of carbonyl (C=O) groups is 3. The molecule has 0 radical (unpaired) electrons. The zero-order valence-electron chi connectivity index (χ0n) is 18.7. The van der Waals surface area contributed by atoms with Crippen molar-refractivity contribution in [3.8, 4) is 11.5 Å². The van der Waals surface area contributed by atoms with Crippen molar-refractivity contribution >= 4 is 41.0 Å². The van der Waals surface area contributed by atoms with Crippen LogP contribution in [0.3, 0.4) is 0 Å². The molecule has 4 rings (SSSR count). The van der Waals surface area contributed by atoms with Gasteiger partial charge in [-0.25, -0.2) is 9.78 Å². The van der Waals surface area contributed by atoms with Crippen molar-refractivity contribution in [1.29, 1.82) is 0 Å². The van der Waals surface area contributed by atoms with E-state index in [2.05, 4.69) is 20.9 Å². The Labute approximate surface area is 202 Å². The Morgan fingerprint density at radius 3 is 2.50 bits per heavy atom. The van der Waals surface area contributed by atoms with E-state index in [1.807, 2.05) is 4.90 Å². The SMILES string of the molecule is CC(C(=O)NC(=O)Nc1ccc2c(c1)OCCO2)N1CCC(C(=O)Nc2ccc(Cl)cn2)CC1. The molecule has 2 aliphatic rings. The number of aromatic nitrogens is 1. The minimum atomic E-state index is -0.627. The lowest BCUT2D eigenvalue weighted by Gasteiger charge is -2.34. The van der Waals surface area contributed by atoms with Crippen LogP contribution in [0.15, 0.2) is 36.5 Å². The van der Waals surface area contributed by atoms with Gasteiger partial charge in [0.25, 0.3) is 0 Å². The predicted molar refractivity (Wildman–Crippen MR) is 126 cm³/mol. The third kappa shape index (κ3) is 5.95. The number of fused-ring (bicyclic) bond motifs is 1. The second kappa shape index (κ2) is 10.7. The Morgan fingerprint density at radius 2 is 1.79 bits per heavy atom. The highest BCUT2D eigenvalue weighted by atomic mass is 35.5. The summed E-state index contributed by atoms with van der Waals surface area (Å²) in [6, 6.07) is 7.20. The zero-order chi connectivity index (χ0) is 24.1. The van der Waals surface area contributed by atoms with Crippen molar-refractivity contribution < 1.29 is 23.9 Å². The van der Waals surface area contributed by atoms with Gasteiger partial charge in [-0.2, -0.15) is 0 Å². The predicted octanol–water partition coefficient (Wildman–Crippen LogP) is 2.89. The molecule has 0 bridgehead atoms. The van der Waals surface area contributed by atoms with Crippen LogP contribution in [0.2, 0.25) is 5.02 Å². The van der Waals surface area contributed by atoms with E-state index in [0.717, 1.165) is 0 Å². The maximum absolute atomic E-state index is 12.6. The average Bonchev–Trinajstić information content (AvgIpc) is 2.85. The molecular weight excluding hydrogens is 462 g/mol. The van der Waals surface area contributed by atoms with E-state index in [1.54, 1.807) is 37.3 Å². The molecule has 1 saturated heterocycles. The monoisotopic (exact) mass is 487 g/mol. The summed E-state index contributed by atoms with van der Waals surface area (Å²) in [6.45, 7) is 3.78. The van der Waals surface area contributed by atoms with Crippen LogP contribution in [0.25, 0.3) is 0 Å². The van der Waals surface area contributed by atoms with E-state index in [1.165, 1.54) is 6.20 Å². The third-order valence-corrected chi connectivity index (χ3v) is 6.07. The molecule has 1 aromatic heterocycles. The Morgan fingerprint density at radius 1 is 1.06 bits per heavy atom. The average molecular weight is 488 g/mol. The molecule has 1 atom stereocenters. The van der Waals surface area contributed by atoms with Gasteiger partial charge in [0.1, 0.15) is 19.0 Å². The topological polar surface area (TPSA) is 122 Å². The van der Waals surface area contributed by atoms with Crippen LogP contribution in [0.5, 0.6) is 11.5 Å². The molecule has 3 heterocycles. The summed E-state index contributed by atoms with van der Waals surface area (Å²) in [6.07, 6.45) is 2.67. The summed E-state index contributed by atoms with van der Waals surface area (Å²) in [5.41, 5.74) is 0.490. The summed E-state index contributed by atoms with van der Waals surface area (Å²) >= 11 is 5.82. The van der Waals surface area contributed by atoms with Gasteiger partial charge in [0, 0.05) is 23.9 Å². The van der Waals surface area contributed by atoms with Crippen molar-refractivity contribution in [1.82, 2.24) is 15.2 Å². The normalized spacial score (nSPS) is 16.9. The van der Waals surface area contributed by atoms with Gasteiger partial charge in [0.05, 0.1) is 11.1 Å². The summed E-state index contributed by atoms with van der Waals surface area (Å²) in [5.74, 6) is 0.913. The summed E-state index contributed by atoms with van der Waals surface area (Å²) in [5, 5.41) is 8.31. The van der Waals surface area contributed by atoms with Crippen LogP contribution < -0.4 is 25.4 Å². The van der Waals surface area contributed by atoms with Crippen LogP contribution in [-0.2, 0) is 9.59 Å². The number of imide groups is 1. The molecule has 1 fully saturated rings. The van der Waals surface area contributed by atoms with Crippen molar-refractivity contribution in [3.63, 3.8) is 0 Å². The lowest BCUT2D eigenvalue weighted by Crippen LogP contribution is -2.51. The first-order chi connectivity index (χ1) is 16.4. The molecule has 34 heavy (non-hydrogen) atoms. The Hall–Kier alpha value is -3.37. The number of carbonyl (C=O) groups excluding carboxylic acids is 3. The molecule has 11 heteroatoms. The summed E-state index contributed by atoms with van der Waals surface area (Å²) < 4.78 is 11.0. The molecule has 0 spiro atoms. The number of nitrogens with zero attached hydrogens (tertiary/aromatic N) is 2. The van der Waals surface area contributed by atoms with Gasteiger partial charge in [0.15, 0.2) is 11.5 Å². The molecule has 10 nitrogen and oxygen atoms in total. The number of benzene rings is 1. The number of pyridine rings is 1. The molecule has 2 aromatic rings. The quantitative estimate of drug-likeness (QED) is 0.592. The highest BCUT2D eigenvalue weighted by molar-refractivity contribution is 6.30. The molecule has 1 unspecified atom stereocenters. The Bertz CT molecular complexity index is 1060. The summed E-state index contributed by atoms with van der Waals surface area (Å²) in [4.78, 5) is 43.5. The Kier molecular flexibility index (Phi) is 7.49. The van der Waals surface area contributed by atoms with Gasteiger partial charge in [-0.3, -0.25) is 19.8 Å². The van der Waals surface area contributed by atoms with Crippen molar-refractivity contribution in [2.45, 2.75) is 25.8 Å². The van der Waals surface area contributed by atoms with Crippen LogP contribution in [0.1, 0.15) is 19.8 Å². The number of hydrogen-bond acceptors (Lipinski definition) is 7. The lowest BCUT2D eigenvalue weighted by molar-refractivity contribution is -0.126. The fourth-order valence-electron chi connectivity index (χ4n) is 3.89. The van der Waals surface area contributed by atoms with Crippen LogP contribution >= 0.6 is 11.6 Å². The van der Waals surface area contributed by atoms with Gasteiger partial charge in [0.2, 0.25) is 11.8 Å². The first kappa shape index (κ1) is 23.8. The van der Waals surface area contributed by atoms with Gasteiger partial charge >= 0.3 is 6.03 Å². The van der Waals surface area contributed by atoms with E-state index >= 15 is 0 Å². The molecule has 1 aromatic carbocycles. The third-order valence-electron chi connectivity index (χ3n) is 5.84. The molecular formula is C23H26ClN5O5. The first-order valence-electron chi connectivity index (χ1n) is 11.1. The van der Waals surface area contributed by atoms with Crippen molar-refractivity contribution in [3.05, 3.63) is 41.6 Å². The largest absolute Gasteiger partial charge is 0.486 e. The number of hydrogen-bond donors (Lipinski definition) is 3. The number of likely N-dealkylation sites (tertiary alicyclic amines) is 1. The van der Waals surface area contributed by atoms with Crippen LogP contribution in [-0.4, -0.2) is 60.1 Å². The Balaban J connectivity index is 1.23. The molecule has 0 aliphatic carbocycles. The number of halogens is 1. The van der Waals surface area contributed by atoms with Crippen LogP contribution in [0, 0.1) is 5.92 Å². The lowest BCUT2D eigenvalue weighted by atomic mass is 9.95. The number of urea groups is 1. The fourth-order valence-corrected chi connectivity index (χ4v) is 4.00. The molecule has 3 N–H and O–H groups in total. The van der Waals surface area contributed by atoms with E-state index in [9.17, 15) is 14.4 Å². The number of anilines is 2. The molecule has 2 aliphatic heterocycles. The highest BCUT2D eigenvalue weighted by Crippen LogP contribution is 2.32. The number of ether oxygens (including phenoxy) is 2.